The molecule has 124 valence electrons. The van der Waals surface area contributed by atoms with Gasteiger partial charge < -0.3 is 5.11 Å². The number of hydrogen-bond acceptors (Lipinski definition) is 1. The molecule has 0 fully saturated rings. The Kier molecular flexibility index (Phi) is 4.64. The maximum absolute atomic E-state index is 13.1. The van der Waals surface area contributed by atoms with E-state index in [9.17, 15) is 31.4 Å². The SMILES string of the molecule is OC(c1ccc(Cl)cc1)c1ccc(C(F)(F)F)cc1C(F)(F)F. The zero-order chi connectivity index (χ0) is 17.4. The predicted molar refractivity (Wildman–Crippen MR) is 72.0 cm³/mol. The van der Waals surface area contributed by atoms with Gasteiger partial charge in [-0.3, -0.25) is 0 Å². The lowest BCUT2D eigenvalue weighted by atomic mass is 9.94. The molecule has 2 aromatic rings. The summed E-state index contributed by atoms with van der Waals surface area (Å²) in [4.78, 5) is 0. The van der Waals surface area contributed by atoms with Gasteiger partial charge in [-0.15, -0.1) is 0 Å². The lowest BCUT2D eigenvalue weighted by Gasteiger charge is -2.19. The molecule has 0 saturated carbocycles. The first kappa shape index (κ1) is 17.6. The van der Waals surface area contributed by atoms with Crippen molar-refractivity contribution in [1.29, 1.82) is 0 Å². The molecule has 1 nitrogen and oxygen atoms in total. The van der Waals surface area contributed by atoms with Crippen LogP contribution in [-0.2, 0) is 12.4 Å². The summed E-state index contributed by atoms with van der Waals surface area (Å²) in [5, 5.41) is 10.4. The number of aliphatic hydroxyl groups is 1. The van der Waals surface area contributed by atoms with Gasteiger partial charge in [-0.05, 0) is 35.4 Å². The van der Waals surface area contributed by atoms with E-state index in [4.69, 9.17) is 11.6 Å². The highest BCUT2D eigenvalue weighted by Gasteiger charge is 2.39. The second-order valence-corrected chi connectivity index (χ2v) is 5.19. The maximum atomic E-state index is 13.1. The van der Waals surface area contributed by atoms with Crippen LogP contribution in [-0.4, -0.2) is 5.11 Å². The normalized spacial score (nSPS) is 13.9. The molecule has 23 heavy (non-hydrogen) atoms. The Hall–Kier alpha value is -1.73. The van der Waals surface area contributed by atoms with Crippen molar-refractivity contribution < 1.29 is 31.4 Å². The van der Waals surface area contributed by atoms with Crippen molar-refractivity contribution in [3.63, 3.8) is 0 Å². The summed E-state index contributed by atoms with van der Waals surface area (Å²) in [5.74, 6) is 0. The molecule has 2 rings (SSSR count). The van der Waals surface area contributed by atoms with Gasteiger partial charge in [0.1, 0.15) is 6.10 Å². The summed E-state index contributed by atoms with van der Waals surface area (Å²) in [6.07, 6.45) is -11.7. The average Bonchev–Trinajstić information content (AvgIpc) is 2.45. The second-order valence-electron chi connectivity index (χ2n) is 4.75. The summed E-state index contributed by atoms with van der Waals surface area (Å²) in [5.41, 5.74) is -3.54. The summed E-state index contributed by atoms with van der Waals surface area (Å²) in [7, 11) is 0. The van der Waals surface area contributed by atoms with E-state index in [1.54, 1.807) is 0 Å². The molecule has 0 spiro atoms. The molecule has 1 atom stereocenters. The van der Waals surface area contributed by atoms with Gasteiger partial charge in [0.15, 0.2) is 0 Å². The van der Waals surface area contributed by atoms with Crippen LogP contribution < -0.4 is 0 Å². The minimum atomic E-state index is -5.04. The van der Waals surface area contributed by atoms with Crippen molar-refractivity contribution in [3.8, 4) is 0 Å². The molecule has 0 heterocycles. The average molecular weight is 355 g/mol. The van der Waals surface area contributed by atoms with Crippen LogP contribution in [0.4, 0.5) is 26.3 Å². The molecular formula is C15H9ClF6O. The first-order valence-electron chi connectivity index (χ1n) is 6.22. The van der Waals surface area contributed by atoms with Crippen molar-refractivity contribution in [3.05, 3.63) is 69.7 Å². The van der Waals surface area contributed by atoms with Crippen LogP contribution in [0.3, 0.4) is 0 Å². The van der Waals surface area contributed by atoms with Gasteiger partial charge in [-0.1, -0.05) is 29.8 Å². The highest BCUT2D eigenvalue weighted by molar-refractivity contribution is 6.30. The molecule has 0 aliphatic rings. The van der Waals surface area contributed by atoms with Crippen LogP contribution in [0.2, 0.25) is 5.02 Å². The van der Waals surface area contributed by atoms with Crippen molar-refractivity contribution in [2.24, 2.45) is 0 Å². The van der Waals surface area contributed by atoms with E-state index in [2.05, 4.69) is 0 Å². The van der Waals surface area contributed by atoms with E-state index in [0.717, 1.165) is 0 Å². The Bertz CT molecular complexity index is 691. The number of halogens is 7. The topological polar surface area (TPSA) is 20.2 Å². The first-order chi connectivity index (χ1) is 10.5. The molecule has 0 aliphatic heterocycles. The third kappa shape index (κ3) is 3.97. The van der Waals surface area contributed by atoms with Crippen molar-refractivity contribution in [1.82, 2.24) is 0 Å². The summed E-state index contributed by atoms with van der Waals surface area (Å²) in [6, 6.07) is 6.44. The van der Waals surface area contributed by atoms with Crippen molar-refractivity contribution >= 4 is 11.6 Å². The van der Waals surface area contributed by atoms with Crippen LogP contribution >= 0.6 is 11.6 Å². The molecule has 0 aliphatic carbocycles. The molecule has 0 radical (unpaired) electrons. The Morgan fingerprint density at radius 3 is 1.87 bits per heavy atom. The quantitative estimate of drug-likeness (QED) is 0.710. The minimum absolute atomic E-state index is 0.00548. The Balaban J connectivity index is 2.55. The Morgan fingerprint density at radius 1 is 0.826 bits per heavy atom. The molecule has 0 bridgehead atoms. The number of alkyl halides is 6. The fourth-order valence-electron chi connectivity index (χ4n) is 2.04. The molecular weight excluding hydrogens is 346 g/mol. The molecule has 0 saturated heterocycles. The molecule has 1 unspecified atom stereocenters. The third-order valence-corrected chi connectivity index (χ3v) is 3.42. The summed E-state index contributed by atoms with van der Waals surface area (Å²) >= 11 is 5.65. The summed E-state index contributed by atoms with van der Waals surface area (Å²) < 4.78 is 77.0. The zero-order valence-corrected chi connectivity index (χ0v) is 12.0. The molecule has 0 amide bonds. The number of benzene rings is 2. The highest BCUT2D eigenvalue weighted by atomic mass is 35.5. The van der Waals surface area contributed by atoms with Crippen molar-refractivity contribution in [2.75, 3.05) is 0 Å². The molecule has 2 aromatic carbocycles. The van der Waals surface area contributed by atoms with Gasteiger partial charge in [0.25, 0.3) is 0 Å². The van der Waals surface area contributed by atoms with Crippen LogP contribution in [0.25, 0.3) is 0 Å². The van der Waals surface area contributed by atoms with Gasteiger partial charge in [-0.2, -0.15) is 26.3 Å². The van der Waals surface area contributed by atoms with Gasteiger partial charge in [0.2, 0.25) is 0 Å². The summed E-state index contributed by atoms with van der Waals surface area (Å²) in [6.45, 7) is 0. The van der Waals surface area contributed by atoms with Gasteiger partial charge >= 0.3 is 12.4 Å². The fraction of sp³-hybridized carbons (Fsp3) is 0.200. The Morgan fingerprint density at radius 2 is 1.39 bits per heavy atom. The highest BCUT2D eigenvalue weighted by Crippen LogP contribution is 2.40. The molecule has 1 N–H and O–H groups in total. The van der Waals surface area contributed by atoms with Crippen LogP contribution in [0.5, 0.6) is 0 Å². The molecule has 8 heteroatoms. The second kappa shape index (κ2) is 6.05. The standard InChI is InChI=1S/C15H9ClF6O/c16-10-4-1-8(2-5-10)13(23)11-6-3-9(14(17,18)19)7-12(11)15(20,21)22/h1-7,13,23H. The van der Waals surface area contributed by atoms with Crippen LogP contribution in [0, 0.1) is 0 Å². The van der Waals surface area contributed by atoms with E-state index < -0.39 is 35.1 Å². The van der Waals surface area contributed by atoms with Crippen LogP contribution in [0.1, 0.15) is 28.4 Å². The van der Waals surface area contributed by atoms with E-state index in [-0.39, 0.29) is 11.6 Å². The zero-order valence-electron chi connectivity index (χ0n) is 11.2. The van der Waals surface area contributed by atoms with E-state index in [1.165, 1.54) is 24.3 Å². The van der Waals surface area contributed by atoms with Crippen LogP contribution in [0.15, 0.2) is 42.5 Å². The number of aliphatic hydroxyl groups excluding tert-OH is 1. The number of rotatable bonds is 2. The lowest BCUT2D eigenvalue weighted by Crippen LogP contribution is -2.15. The molecule has 0 aromatic heterocycles. The van der Waals surface area contributed by atoms with Gasteiger partial charge in [-0.25, -0.2) is 0 Å². The van der Waals surface area contributed by atoms with Gasteiger partial charge in [0.05, 0.1) is 11.1 Å². The van der Waals surface area contributed by atoms with Gasteiger partial charge in [0, 0.05) is 5.02 Å². The first-order valence-corrected chi connectivity index (χ1v) is 6.60. The smallest absolute Gasteiger partial charge is 0.384 e. The fourth-order valence-corrected chi connectivity index (χ4v) is 2.17. The van der Waals surface area contributed by atoms with Crippen molar-refractivity contribution in [2.45, 2.75) is 18.5 Å². The maximum Gasteiger partial charge on any atom is 0.416 e. The Labute approximate surface area is 132 Å². The van der Waals surface area contributed by atoms with E-state index in [1.807, 2.05) is 0 Å². The lowest BCUT2D eigenvalue weighted by molar-refractivity contribution is -0.143. The number of hydrogen-bond donors (Lipinski definition) is 1. The monoisotopic (exact) mass is 354 g/mol. The predicted octanol–water partition coefficient (Wildman–Crippen LogP) is 5.46. The van der Waals surface area contributed by atoms with E-state index >= 15 is 0 Å². The third-order valence-electron chi connectivity index (χ3n) is 3.17. The van der Waals surface area contributed by atoms with E-state index in [0.29, 0.717) is 17.2 Å². The largest absolute Gasteiger partial charge is 0.416 e. The minimum Gasteiger partial charge on any atom is -0.384 e.